The first-order valence-electron chi connectivity index (χ1n) is 8.40. The van der Waals surface area contributed by atoms with Gasteiger partial charge >= 0.3 is 0 Å². The fourth-order valence-electron chi connectivity index (χ4n) is 3.90. The van der Waals surface area contributed by atoms with Crippen LogP contribution in [0.25, 0.3) is 0 Å². The molecule has 0 amide bonds. The van der Waals surface area contributed by atoms with E-state index in [0.29, 0.717) is 5.41 Å². The SMILES string of the molecule is CC(CN1CCC(C(C)(C)C)CC1)C1CCCNC1. The molecule has 2 aliphatic rings. The highest BCUT2D eigenvalue weighted by atomic mass is 15.1. The van der Waals surface area contributed by atoms with Crippen LogP contribution in [0.4, 0.5) is 0 Å². The Bertz CT molecular complexity index is 255. The van der Waals surface area contributed by atoms with E-state index in [9.17, 15) is 0 Å². The highest BCUT2D eigenvalue weighted by molar-refractivity contribution is 4.83. The fourth-order valence-corrected chi connectivity index (χ4v) is 3.90. The molecule has 2 fully saturated rings. The molecule has 2 rings (SSSR count). The van der Waals surface area contributed by atoms with Crippen LogP contribution in [-0.4, -0.2) is 37.6 Å². The van der Waals surface area contributed by atoms with Crippen LogP contribution < -0.4 is 5.32 Å². The number of hydrogen-bond donors (Lipinski definition) is 1. The smallest absolute Gasteiger partial charge is 0.00101 e. The Morgan fingerprint density at radius 1 is 1.16 bits per heavy atom. The van der Waals surface area contributed by atoms with Gasteiger partial charge in [0, 0.05) is 6.54 Å². The van der Waals surface area contributed by atoms with Crippen molar-refractivity contribution in [2.24, 2.45) is 23.2 Å². The Morgan fingerprint density at radius 2 is 1.84 bits per heavy atom. The first kappa shape index (κ1) is 15.3. The maximum absolute atomic E-state index is 3.56. The molecule has 0 aromatic heterocycles. The molecule has 2 atom stereocenters. The van der Waals surface area contributed by atoms with E-state index >= 15 is 0 Å². The van der Waals surface area contributed by atoms with E-state index in [1.54, 1.807) is 0 Å². The van der Waals surface area contributed by atoms with Crippen molar-refractivity contribution in [2.45, 2.75) is 53.4 Å². The minimum Gasteiger partial charge on any atom is -0.316 e. The van der Waals surface area contributed by atoms with Gasteiger partial charge in [-0.1, -0.05) is 27.7 Å². The van der Waals surface area contributed by atoms with Gasteiger partial charge in [-0.05, 0) is 75.0 Å². The van der Waals surface area contributed by atoms with E-state index in [1.807, 2.05) is 0 Å². The molecule has 2 saturated heterocycles. The molecule has 2 heteroatoms. The average Bonchev–Trinajstić information content (AvgIpc) is 2.39. The normalized spacial score (nSPS) is 29.4. The van der Waals surface area contributed by atoms with Crippen molar-refractivity contribution in [3.05, 3.63) is 0 Å². The van der Waals surface area contributed by atoms with Crippen LogP contribution in [0.3, 0.4) is 0 Å². The molecular weight excluding hydrogens is 232 g/mol. The summed E-state index contributed by atoms with van der Waals surface area (Å²) in [5.41, 5.74) is 0.505. The van der Waals surface area contributed by atoms with Gasteiger partial charge in [-0.25, -0.2) is 0 Å². The van der Waals surface area contributed by atoms with E-state index in [0.717, 1.165) is 17.8 Å². The summed E-state index contributed by atoms with van der Waals surface area (Å²) in [6.07, 6.45) is 5.62. The van der Waals surface area contributed by atoms with E-state index in [2.05, 4.69) is 37.9 Å². The van der Waals surface area contributed by atoms with Crippen molar-refractivity contribution < 1.29 is 0 Å². The molecule has 2 nitrogen and oxygen atoms in total. The second-order valence-electron chi connectivity index (χ2n) is 8.02. The van der Waals surface area contributed by atoms with Crippen molar-refractivity contribution >= 4 is 0 Å². The lowest BCUT2D eigenvalue weighted by Gasteiger charge is -2.40. The zero-order valence-corrected chi connectivity index (χ0v) is 13.5. The lowest BCUT2D eigenvalue weighted by molar-refractivity contribution is 0.0912. The highest BCUT2D eigenvalue weighted by Crippen LogP contribution is 2.34. The van der Waals surface area contributed by atoms with Crippen LogP contribution in [0.15, 0.2) is 0 Å². The van der Waals surface area contributed by atoms with Crippen molar-refractivity contribution in [1.82, 2.24) is 10.2 Å². The summed E-state index contributed by atoms with van der Waals surface area (Å²) < 4.78 is 0. The van der Waals surface area contributed by atoms with E-state index < -0.39 is 0 Å². The number of piperidine rings is 2. The van der Waals surface area contributed by atoms with Crippen molar-refractivity contribution in [1.29, 1.82) is 0 Å². The first-order valence-corrected chi connectivity index (χ1v) is 8.40. The molecule has 0 saturated carbocycles. The lowest BCUT2D eigenvalue weighted by Crippen LogP contribution is -2.43. The third-order valence-corrected chi connectivity index (χ3v) is 5.50. The minimum absolute atomic E-state index is 0.505. The van der Waals surface area contributed by atoms with Crippen molar-refractivity contribution in [2.75, 3.05) is 32.7 Å². The van der Waals surface area contributed by atoms with Crippen LogP contribution in [0, 0.1) is 23.2 Å². The zero-order valence-electron chi connectivity index (χ0n) is 13.5. The molecule has 19 heavy (non-hydrogen) atoms. The van der Waals surface area contributed by atoms with Gasteiger partial charge in [0.15, 0.2) is 0 Å². The molecule has 0 aromatic rings. The first-order chi connectivity index (χ1) is 8.97. The van der Waals surface area contributed by atoms with E-state index in [1.165, 1.54) is 58.4 Å². The topological polar surface area (TPSA) is 15.3 Å². The quantitative estimate of drug-likeness (QED) is 0.842. The van der Waals surface area contributed by atoms with E-state index in [4.69, 9.17) is 0 Å². The number of hydrogen-bond acceptors (Lipinski definition) is 2. The largest absolute Gasteiger partial charge is 0.316 e. The summed E-state index contributed by atoms with van der Waals surface area (Å²) in [5, 5.41) is 3.56. The van der Waals surface area contributed by atoms with Crippen molar-refractivity contribution in [3.8, 4) is 0 Å². The predicted octanol–water partition coefficient (Wildman–Crippen LogP) is 3.38. The van der Waals surface area contributed by atoms with Gasteiger partial charge in [-0.3, -0.25) is 0 Å². The molecular formula is C17H34N2. The lowest BCUT2D eigenvalue weighted by atomic mass is 9.75. The minimum atomic E-state index is 0.505. The van der Waals surface area contributed by atoms with Gasteiger partial charge in [0.05, 0.1) is 0 Å². The fraction of sp³-hybridized carbons (Fsp3) is 1.00. The molecule has 112 valence electrons. The molecule has 0 aliphatic carbocycles. The number of likely N-dealkylation sites (tertiary alicyclic amines) is 1. The maximum Gasteiger partial charge on any atom is 0.00101 e. The van der Waals surface area contributed by atoms with Gasteiger partial charge in [0.25, 0.3) is 0 Å². The summed E-state index contributed by atoms with van der Waals surface area (Å²) in [6.45, 7) is 16.1. The van der Waals surface area contributed by atoms with Gasteiger partial charge in [-0.15, -0.1) is 0 Å². The second-order valence-corrected chi connectivity index (χ2v) is 8.02. The molecule has 0 spiro atoms. The molecule has 0 radical (unpaired) electrons. The number of rotatable bonds is 3. The summed E-state index contributed by atoms with van der Waals surface area (Å²) in [7, 11) is 0. The van der Waals surface area contributed by atoms with Gasteiger partial charge in [-0.2, -0.15) is 0 Å². The second kappa shape index (κ2) is 6.58. The van der Waals surface area contributed by atoms with Crippen LogP contribution in [0.2, 0.25) is 0 Å². The predicted molar refractivity (Wildman–Crippen MR) is 83.4 cm³/mol. The summed E-state index contributed by atoms with van der Waals surface area (Å²) >= 11 is 0. The van der Waals surface area contributed by atoms with Gasteiger partial charge in [0.2, 0.25) is 0 Å². The third-order valence-electron chi connectivity index (χ3n) is 5.50. The molecule has 0 bridgehead atoms. The Kier molecular flexibility index (Phi) is 5.30. The molecule has 2 heterocycles. The standard InChI is InChI=1S/C17H34N2/c1-14(15-6-5-9-18-12-15)13-19-10-7-16(8-11-19)17(2,3)4/h14-16,18H,5-13H2,1-4H3. The molecule has 0 aromatic carbocycles. The van der Waals surface area contributed by atoms with E-state index in [-0.39, 0.29) is 0 Å². The van der Waals surface area contributed by atoms with Crippen LogP contribution >= 0.6 is 0 Å². The Hall–Kier alpha value is -0.0800. The molecule has 2 unspecified atom stereocenters. The summed E-state index contributed by atoms with van der Waals surface area (Å²) in [5.74, 6) is 2.70. The van der Waals surface area contributed by atoms with Crippen molar-refractivity contribution in [3.63, 3.8) is 0 Å². The average molecular weight is 266 g/mol. The summed E-state index contributed by atoms with van der Waals surface area (Å²) in [4.78, 5) is 2.72. The third kappa shape index (κ3) is 4.46. The highest BCUT2D eigenvalue weighted by Gasteiger charge is 2.30. The molecule has 2 aliphatic heterocycles. The number of nitrogens with zero attached hydrogens (tertiary/aromatic N) is 1. The van der Waals surface area contributed by atoms with Crippen LogP contribution in [-0.2, 0) is 0 Å². The Morgan fingerprint density at radius 3 is 2.37 bits per heavy atom. The monoisotopic (exact) mass is 266 g/mol. The number of nitrogens with one attached hydrogen (secondary N) is 1. The summed E-state index contributed by atoms with van der Waals surface area (Å²) in [6, 6.07) is 0. The zero-order chi connectivity index (χ0) is 13.9. The Balaban J connectivity index is 1.73. The molecule has 1 N–H and O–H groups in total. The van der Waals surface area contributed by atoms with Gasteiger partial charge in [0.1, 0.15) is 0 Å². The van der Waals surface area contributed by atoms with Gasteiger partial charge < -0.3 is 10.2 Å². The maximum atomic E-state index is 3.56. The van der Waals surface area contributed by atoms with Crippen LogP contribution in [0.5, 0.6) is 0 Å². The van der Waals surface area contributed by atoms with Crippen LogP contribution in [0.1, 0.15) is 53.4 Å². The Labute approximate surface area is 120 Å².